The molecule has 1 heterocycles. The molecule has 0 saturated heterocycles. The maximum absolute atomic E-state index is 12.2. The van der Waals surface area contributed by atoms with Crippen LogP contribution >= 0.6 is 11.6 Å². The molecular weight excluding hydrogens is 616 g/mol. The van der Waals surface area contributed by atoms with Crippen LogP contribution in [0.5, 0.6) is 5.75 Å². The third-order valence-electron chi connectivity index (χ3n) is 10.1. The van der Waals surface area contributed by atoms with E-state index in [2.05, 4.69) is 11.0 Å². The molecule has 1 aliphatic heterocycles. The number of carboxylic acids is 1. The van der Waals surface area contributed by atoms with Gasteiger partial charge in [0.2, 0.25) is 10.0 Å². The fourth-order valence-corrected chi connectivity index (χ4v) is 9.28. The van der Waals surface area contributed by atoms with E-state index in [1.807, 2.05) is 12.1 Å². The van der Waals surface area contributed by atoms with E-state index in [1.165, 1.54) is 18.2 Å². The highest BCUT2D eigenvalue weighted by atomic mass is 35.5. The second-order valence-corrected chi connectivity index (χ2v) is 15.5. The van der Waals surface area contributed by atoms with E-state index in [4.69, 9.17) is 26.2 Å². The summed E-state index contributed by atoms with van der Waals surface area (Å²) in [6, 6.07) is 11.1. The van der Waals surface area contributed by atoms with E-state index in [0.717, 1.165) is 37.8 Å². The number of nitrogens with two attached hydrogens (primary N) is 1. The van der Waals surface area contributed by atoms with Crippen LogP contribution in [0, 0.1) is 17.8 Å². The second kappa shape index (κ2) is 13.6. The van der Waals surface area contributed by atoms with Crippen molar-refractivity contribution in [3.8, 4) is 5.75 Å². The van der Waals surface area contributed by atoms with Crippen LogP contribution < -0.4 is 14.8 Å². The Balaban J connectivity index is 1.37. The molecule has 2 aromatic rings. The third kappa shape index (κ3) is 7.20. The number of rotatable bonds is 11. The molecule has 45 heavy (non-hydrogen) atoms. The number of halogens is 1. The summed E-state index contributed by atoms with van der Waals surface area (Å²) in [5.41, 5.74) is 3.13. The van der Waals surface area contributed by atoms with E-state index in [9.17, 15) is 23.4 Å². The van der Waals surface area contributed by atoms with Crippen molar-refractivity contribution in [1.29, 1.82) is 0 Å². The summed E-state index contributed by atoms with van der Waals surface area (Å²) >= 11 is 6.37. The first-order valence-corrected chi connectivity index (χ1v) is 17.7. The molecule has 4 N–H and O–H groups in total. The second-order valence-electron chi connectivity index (χ2n) is 13.3. The molecule has 0 unspecified atom stereocenters. The zero-order valence-electron chi connectivity index (χ0n) is 26.2. The number of carboxylic acid groups (broad SMARTS) is 1. The summed E-state index contributed by atoms with van der Waals surface area (Å²) in [5, 5.41) is 26.4. The number of nitrogens with zero attached hydrogens (tertiary/aromatic N) is 1. The van der Waals surface area contributed by atoms with E-state index in [-0.39, 0.29) is 28.7 Å². The number of aromatic carboxylic acids is 1. The van der Waals surface area contributed by atoms with Crippen LogP contribution in [0.25, 0.3) is 0 Å². The first-order chi connectivity index (χ1) is 21.3. The number of fused-ring (bicyclic) bond motifs is 3. The molecule has 11 heteroatoms. The number of primary sulfonamides is 1. The van der Waals surface area contributed by atoms with Gasteiger partial charge in [0, 0.05) is 30.6 Å². The van der Waals surface area contributed by atoms with Gasteiger partial charge >= 0.3 is 5.97 Å². The lowest BCUT2D eigenvalue weighted by molar-refractivity contribution is 0.0450. The Morgan fingerprint density at radius 2 is 2.02 bits per heavy atom. The molecule has 0 radical (unpaired) electrons. The van der Waals surface area contributed by atoms with Crippen LogP contribution in [-0.4, -0.2) is 68.9 Å². The van der Waals surface area contributed by atoms with Crippen molar-refractivity contribution in [2.24, 2.45) is 22.9 Å². The van der Waals surface area contributed by atoms with E-state index >= 15 is 0 Å². The SMILES string of the molecule is CO[C@@H](C/C=C/[C@H](O)[C@@H]1CC[C@H]1CN1C[C@@]2(CCCc3cc(Cl)ccc32)COc2ccc(C(=O)O)cc21)[C@@H](C(C)C)S(N)(=O)=O. The van der Waals surface area contributed by atoms with Gasteiger partial charge in [0.1, 0.15) is 11.0 Å². The number of hydrogen-bond acceptors (Lipinski definition) is 7. The Hall–Kier alpha value is -2.63. The van der Waals surface area contributed by atoms with Crippen LogP contribution in [0.15, 0.2) is 48.6 Å². The van der Waals surface area contributed by atoms with Gasteiger partial charge in [-0.15, -0.1) is 0 Å². The van der Waals surface area contributed by atoms with Gasteiger partial charge in [-0.25, -0.2) is 18.4 Å². The Morgan fingerprint density at radius 3 is 2.67 bits per heavy atom. The van der Waals surface area contributed by atoms with Crippen molar-refractivity contribution >= 4 is 33.3 Å². The first-order valence-electron chi connectivity index (χ1n) is 15.8. The lowest BCUT2D eigenvalue weighted by Crippen LogP contribution is -2.49. The molecule has 0 aromatic heterocycles. The molecule has 5 rings (SSSR count). The lowest BCUT2D eigenvalue weighted by atomic mass is 9.68. The van der Waals surface area contributed by atoms with E-state index in [1.54, 1.807) is 44.2 Å². The zero-order valence-corrected chi connectivity index (χ0v) is 27.8. The van der Waals surface area contributed by atoms with Crippen molar-refractivity contribution in [2.75, 3.05) is 31.7 Å². The van der Waals surface area contributed by atoms with Crippen molar-refractivity contribution in [3.05, 3.63) is 70.3 Å². The van der Waals surface area contributed by atoms with Gasteiger partial charge in [0.25, 0.3) is 0 Å². The monoisotopic (exact) mass is 660 g/mol. The van der Waals surface area contributed by atoms with Crippen LogP contribution in [0.2, 0.25) is 5.02 Å². The van der Waals surface area contributed by atoms with Gasteiger partial charge in [0.05, 0.1) is 30.1 Å². The molecule has 0 bridgehead atoms. The predicted octanol–water partition coefficient (Wildman–Crippen LogP) is 5.17. The minimum absolute atomic E-state index is 0.00468. The summed E-state index contributed by atoms with van der Waals surface area (Å²) in [7, 11) is -2.34. The molecular formula is C34H45ClN2O7S. The summed E-state index contributed by atoms with van der Waals surface area (Å²) in [6.45, 7) is 5.38. The number of benzene rings is 2. The van der Waals surface area contributed by atoms with Crippen LogP contribution in [-0.2, 0) is 26.6 Å². The Kier molecular flexibility index (Phi) is 10.2. The average Bonchev–Trinajstić information content (AvgIpc) is 3.10. The summed E-state index contributed by atoms with van der Waals surface area (Å²) < 4.78 is 36.4. The van der Waals surface area contributed by atoms with Gasteiger partial charge in [-0.2, -0.15) is 0 Å². The predicted molar refractivity (Wildman–Crippen MR) is 176 cm³/mol. The fraction of sp³-hybridized carbons (Fsp3) is 0.559. The Labute approximate surface area is 271 Å². The number of aliphatic hydroxyl groups excluding tert-OH is 1. The van der Waals surface area contributed by atoms with Crippen LogP contribution in [0.1, 0.15) is 67.4 Å². The largest absolute Gasteiger partial charge is 0.490 e. The molecule has 6 atom stereocenters. The van der Waals surface area contributed by atoms with Gasteiger partial charge in [-0.05, 0) is 97.7 Å². The lowest BCUT2D eigenvalue weighted by Gasteiger charge is -2.45. The Morgan fingerprint density at radius 1 is 1.24 bits per heavy atom. The summed E-state index contributed by atoms with van der Waals surface area (Å²) in [4.78, 5) is 14.2. The van der Waals surface area contributed by atoms with E-state index in [0.29, 0.717) is 36.9 Å². The molecule has 0 amide bonds. The Bertz CT molecular complexity index is 1530. The summed E-state index contributed by atoms with van der Waals surface area (Å²) in [5.74, 6) is -0.384. The quantitative estimate of drug-likeness (QED) is 0.281. The van der Waals surface area contributed by atoms with Crippen molar-refractivity contribution in [2.45, 2.75) is 75.2 Å². The smallest absolute Gasteiger partial charge is 0.335 e. The molecule has 1 saturated carbocycles. The van der Waals surface area contributed by atoms with Gasteiger partial charge in [-0.1, -0.05) is 43.7 Å². The molecule has 1 fully saturated rings. The molecule has 246 valence electrons. The minimum Gasteiger partial charge on any atom is -0.490 e. The molecule has 3 aliphatic rings. The number of aryl methyl sites for hydroxylation is 1. The molecule has 9 nitrogen and oxygen atoms in total. The normalized spacial score (nSPS) is 25.2. The number of methoxy groups -OCH3 is 1. The maximum Gasteiger partial charge on any atom is 0.335 e. The van der Waals surface area contributed by atoms with Gasteiger partial charge in [-0.3, -0.25) is 0 Å². The number of sulfonamides is 1. The number of hydrogen-bond donors (Lipinski definition) is 3. The minimum atomic E-state index is -3.81. The van der Waals surface area contributed by atoms with Gasteiger partial charge in [0.15, 0.2) is 0 Å². The van der Waals surface area contributed by atoms with Gasteiger partial charge < -0.3 is 24.6 Å². The molecule has 2 aromatic carbocycles. The fourth-order valence-electron chi connectivity index (χ4n) is 7.68. The van der Waals surface area contributed by atoms with E-state index < -0.39 is 33.5 Å². The number of ether oxygens (including phenoxy) is 2. The molecule has 2 aliphatic carbocycles. The van der Waals surface area contributed by atoms with Crippen molar-refractivity contribution in [3.63, 3.8) is 0 Å². The maximum atomic E-state index is 12.2. The highest BCUT2D eigenvalue weighted by Crippen LogP contribution is 2.46. The topological polar surface area (TPSA) is 139 Å². The number of aliphatic hydroxyl groups is 1. The average molecular weight is 661 g/mol. The van der Waals surface area contributed by atoms with Crippen molar-refractivity contribution in [1.82, 2.24) is 0 Å². The summed E-state index contributed by atoms with van der Waals surface area (Å²) in [6.07, 6.45) is 7.19. The number of carbonyl (C=O) groups is 1. The highest BCUT2D eigenvalue weighted by molar-refractivity contribution is 7.89. The zero-order chi connectivity index (χ0) is 32.5. The standard InChI is InChI=1S/C34H45ClN2O7S/c1-21(2)32(45(36,41)42)31(43-3)8-4-7-29(38)26-12-9-24(26)18-37-19-34(15-5-6-22-16-25(35)11-13-27(22)34)20-44-30-14-10-23(33(39)40)17-28(30)37/h4,7,10-11,13-14,16-17,21,24,26,29,31-32,38H,5-6,8-9,12,15,18-20H2,1-3H3,(H,39,40)(H2,36,41,42)/b7-4+/t24-,26+,29-,31-,32+,34-/m0/s1. The van der Waals surface area contributed by atoms with Crippen molar-refractivity contribution < 1.29 is 32.9 Å². The van der Waals surface area contributed by atoms with Crippen LogP contribution in [0.4, 0.5) is 5.69 Å². The van der Waals surface area contributed by atoms with Crippen LogP contribution in [0.3, 0.4) is 0 Å². The highest BCUT2D eigenvalue weighted by Gasteiger charge is 2.44. The first kappa shape index (κ1) is 33.7. The molecule has 1 spiro atoms. The third-order valence-corrected chi connectivity index (χ3v) is 11.9. The number of anilines is 1.